The summed E-state index contributed by atoms with van der Waals surface area (Å²) in [5.41, 5.74) is 1.13. The van der Waals surface area contributed by atoms with Crippen molar-refractivity contribution in [1.82, 2.24) is 0 Å². The van der Waals surface area contributed by atoms with Crippen molar-refractivity contribution in [3.8, 4) is 0 Å². The summed E-state index contributed by atoms with van der Waals surface area (Å²) >= 11 is 7.41. The van der Waals surface area contributed by atoms with Crippen LogP contribution in [0.5, 0.6) is 0 Å². The van der Waals surface area contributed by atoms with Gasteiger partial charge in [0, 0.05) is 10.4 Å². The van der Waals surface area contributed by atoms with Crippen molar-refractivity contribution >= 4 is 33.0 Å². The molecule has 0 bridgehead atoms. The third kappa shape index (κ3) is 1.34. The molecule has 0 spiro atoms. The minimum atomic E-state index is -0.177. The quantitative estimate of drug-likeness (QED) is 0.666. The number of rotatable bonds is 1. The van der Waals surface area contributed by atoms with Gasteiger partial charge in [0.25, 0.3) is 0 Å². The predicted octanol–water partition coefficient (Wildman–Crippen LogP) is 4.26. The topological polar surface area (TPSA) is 0 Å². The Labute approximate surface area is 85.0 Å². The molecule has 0 unspecified atom stereocenters. The molecule has 0 saturated heterocycles. The molecule has 2 aromatic rings. The van der Waals surface area contributed by atoms with Gasteiger partial charge in [0.15, 0.2) is 0 Å². The van der Waals surface area contributed by atoms with Crippen LogP contribution < -0.4 is 0 Å². The highest BCUT2D eigenvalue weighted by atomic mass is 35.5. The fraction of sp³-hybridized carbons (Fsp3) is 0.200. The maximum atomic E-state index is 13.3. The number of thiophene rings is 1. The Morgan fingerprint density at radius 2 is 2.23 bits per heavy atom. The van der Waals surface area contributed by atoms with Crippen molar-refractivity contribution in [2.45, 2.75) is 13.3 Å². The third-order valence-corrected chi connectivity index (χ3v) is 3.43. The van der Waals surface area contributed by atoms with Gasteiger partial charge in [-0.25, -0.2) is 4.39 Å². The van der Waals surface area contributed by atoms with Gasteiger partial charge in [-0.05, 0) is 29.5 Å². The van der Waals surface area contributed by atoms with Crippen molar-refractivity contribution in [3.05, 3.63) is 33.9 Å². The van der Waals surface area contributed by atoms with Gasteiger partial charge in [0.05, 0.1) is 4.70 Å². The molecule has 2 rings (SSSR count). The Morgan fingerprint density at radius 3 is 2.92 bits per heavy atom. The van der Waals surface area contributed by atoms with Crippen molar-refractivity contribution in [1.29, 1.82) is 0 Å². The number of hydrogen-bond donors (Lipinski definition) is 0. The van der Waals surface area contributed by atoms with E-state index in [1.807, 2.05) is 12.3 Å². The molecule has 0 N–H and O–H groups in total. The van der Waals surface area contributed by atoms with E-state index in [0.717, 1.165) is 17.4 Å². The summed E-state index contributed by atoms with van der Waals surface area (Å²) < 4.78 is 13.9. The Morgan fingerprint density at radius 1 is 1.46 bits per heavy atom. The van der Waals surface area contributed by atoms with E-state index < -0.39 is 0 Å². The summed E-state index contributed by atoms with van der Waals surface area (Å²) in [5.74, 6) is -0.177. The molecule has 0 aliphatic heterocycles. The molecule has 0 aliphatic carbocycles. The summed E-state index contributed by atoms with van der Waals surface area (Å²) in [6.45, 7) is 2.04. The standard InChI is InChI=1S/C10H8ClFS/c1-2-6-5-13-10-8(12)4-3-7(11)9(6)10/h3-5H,2H2,1H3. The van der Waals surface area contributed by atoms with Crippen molar-refractivity contribution in [3.63, 3.8) is 0 Å². The zero-order valence-corrected chi connectivity index (χ0v) is 8.68. The number of aryl methyl sites for hydroxylation is 1. The number of fused-ring (bicyclic) bond motifs is 1. The summed E-state index contributed by atoms with van der Waals surface area (Å²) in [6.07, 6.45) is 0.892. The molecule has 13 heavy (non-hydrogen) atoms. The van der Waals surface area contributed by atoms with Gasteiger partial charge in [0.2, 0.25) is 0 Å². The maximum absolute atomic E-state index is 13.3. The van der Waals surface area contributed by atoms with Gasteiger partial charge >= 0.3 is 0 Å². The smallest absolute Gasteiger partial charge is 0.141 e. The van der Waals surface area contributed by atoms with E-state index in [0.29, 0.717) is 9.72 Å². The second-order valence-electron chi connectivity index (χ2n) is 2.85. The summed E-state index contributed by atoms with van der Waals surface area (Å²) in [4.78, 5) is 0. The molecule has 0 fully saturated rings. The van der Waals surface area contributed by atoms with Gasteiger partial charge in [-0.2, -0.15) is 0 Å². The maximum Gasteiger partial charge on any atom is 0.141 e. The Balaban J connectivity index is 2.87. The molecule has 3 heteroatoms. The van der Waals surface area contributed by atoms with Crippen LogP contribution in [0.2, 0.25) is 5.02 Å². The second kappa shape index (κ2) is 3.28. The van der Waals surface area contributed by atoms with Gasteiger partial charge in [-0.1, -0.05) is 18.5 Å². The van der Waals surface area contributed by atoms with Gasteiger partial charge in [-0.3, -0.25) is 0 Å². The molecule has 0 amide bonds. The molecule has 0 aliphatic rings. The van der Waals surface area contributed by atoms with Gasteiger partial charge in [0.1, 0.15) is 5.82 Å². The number of halogens is 2. The average molecular weight is 215 g/mol. The molecular weight excluding hydrogens is 207 g/mol. The Kier molecular flexibility index (Phi) is 2.26. The van der Waals surface area contributed by atoms with Crippen LogP contribution in [0.3, 0.4) is 0 Å². The van der Waals surface area contributed by atoms with Crippen LogP contribution in [0.1, 0.15) is 12.5 Å². The van der Waals surface area contributed by atoms with Gasteiger partial charge < -0.3 is 0 Å². The van der Waals surface area contributed by atoms with Crippen LogP contribution in [0, 0.1) is 5.82 Å². The highest BCUT2D eigenvalue weighted by Gasteiger charge is 2.09. The van der Waals surface area contributed by atoms with Crippen molar-refractivity contribution < 1.29 is 4.39 Å². The van der Waals surface area contributed by atoms with Crippen LogP contribution in [0.25, 0.3) is 10.1 Å². The average Bonchev–Trinajstić information content (AvgIpc) is 2.56. The Bertz CT molecular complexity index is 447. The first-order valence-electron chi connectivity index (χ1n) is 4.08. The first kappa shape index (κ1) is 8.97. The fourth-order valence-electron chi connectivity index (χ4n) is 1.40. The second-order valence-corrected chi connectivity index (χ2v) is 4.13. The first-order chi connectivity index (χ1) is 6.24. The molecule has 0 radical (unpaired) electrons. The van der Waals surface area contributed by atoms with Crippen LogP contribution in [-0.4, -0.2) is 0 Å². The van der Waals surface area contributed by atoms with E-state index in [2.05, 4.69) is 0 Å². The molecule has 1 heterocycles. The SMILES string of the molecule is CCc1csc2c(F)ccc(Cl)c12. The van der Waals surface area contributed by atoms with Crippen molar-refractivity contribution in [2.75, 3.05) is 0 Å². The van der Waals surface area contributed by atoms with Crippen LogP contribution in [-0.2, 0) is 6.42 Å². The molecule has 1 aromatic carbocycles. The van der Waals surface area contributed by atoms with Crippen LogP contribution in [0.15, 0.2) is 17.5 Å². The summed E-state index contributed by atoms with van der Waals surface area (Å²) in [7, 11) is 0. The van der Waals surface area contributed by atoms with E-state index in [9.17, 15) is 4.39 Å². The zero-order valence-electron chi connectivity index (χ0n) is 7.10. The summed E-state index contributed by atoms with van der Waals surface area (Å²) in [6, 6.07) is 3.03. The monoisotopic (exact) mass is 214 g/mol. The molecule has 1 aromatic heterocycles. The highest BCUT2D eigenvalue weighted by Crippen LogP contribution is 2.34. The van der Waals surface area contributed by atoms with E-state index in [4.69, 9.17) is 11.6 Å². The van der Waals surface area contributed by atoms with E-state index in [1.165, 1.54) is 17.4 Å². The molecule has 0 saturated carbocycles. The van der Waals surface area contributed by atoms with Crippen LogP contribution in [0.4, 0.5) is 4.39 Å². The molecule has 0 atom stereocenters. The van der Waals surface area contributed by atoms with E-state index in [1.54, 1.807) is 6.07 Å². The summed E-state index contributed by atoms with van der Waals surface area (Å²) in [5, 5.41) is 3.50. The third-order valence-electron chi connectivity index (χ3n) is 2.08. The van der Waals surface area contributed by atoms with Gasteiger partial charge in [-0.15, -0.1) is 11.3 Å². The fourth-order valence-corrected chi connectivity index (χ4v) is 2.82. The van der Waals surface area contributed by atoms with Crippen molar-refractivity contribution in [2.24, 2.45) is 0 Å². The highest BCUT2D eigenvalue weighted by molar-refractivity contribution is 7.17. The van der Waals surface area contributed by atoms with E-state index >= 15 is 0 Å². The normalized spacial score (nSPS) is 11.0. The Hall–Kier alpha value is -0.600. The molecule has 0 nitrogen and oxygen atoms in total. The lowest BCUT2D eigenvalue weighted by atomic mass is 10.1. The molecule has 68 valence electrons. The van der Waals surface area contributed by atoms with E-state index in [-0.39, 0.29) is 5.82 Å². The number of benzene rings is 1. The largest absolute Gasteiger partial charge is 0.205 e. The first-order valence-corrected chi connectivity index (χ1v) is 5.34. The predicted molar refractivity (Wildman–Crippen MR) is 56.2 cm³/mol. The number of hydrogen-bond acceptors (Lipinski definition) is 1. The van der Waals surface area contributed by atoms with Crippen LogP contribution >= 0.6 is 22.9 Å². The lowest BCUT2D eigenvalue weighted by molar-refractivity contribution is 0.641. The lowest BCUT2D eigenvalue weighted by Gasteiger charge is -1.97. The minimum Gasteiger partial charge on any atom is -0.205 e. The molecular formula is C10H8ClFS. The zero-order chi connectivity index (χ0) is 9.42. The lowest BCUT2D eigenvalue weighted by Crippen LogP contribution is -1.79. The minimum absolute atomic E-state index is 0.177.